The molecule has 1 aromatic rings. The van der Waals surface area contributed by atoms with Crippen LogP contribution in [0.15, 0.2) is 24.3 Å². The van der Waals surface area contributed by atoms with Crippen LogP contribution in [0.3, 0.4) is 0 Å². The SMILES string of the molecule is CCC(=O)N(Cc1ccc(F)cc1)C(CC)C(=O)NC1CCCC1. The van der Waals surface area contributed by atoms with Crippen molar-refractivity contribution in [1.82, 2.24) is 10.2 Å². The summed E-state index contributed by atoms with van der Waals surface area (Å²) in [4.78, 5) is 26.7. The van der Waals surface area contributed by atoms with Crippen molar-refractivity contribution in [1.29, 1.82) is 0 Å². The van der Waals surface area contributed by atoms with Crippen LogP contribution in [-0.4, -0.2) is 28.8 Å². The number of hydrogen-bond donors (Lipinski definition) is 1. The van der Waals surface area contributed by atoms with Crippen molar-refractivity contribution >= 4 is 11.8 Å². The fourth-order valence-corrected chi connectivity index (χ4v) is 3.28. The first kappa shape index (κ1) is 18.4. The summed E-state index contributed by atoms with van der Waals surface area (Å²) < 4.78 is 13.1. The van der Waals surface area contributed by atoms with Crippen molar-refractivity contribution in [2.45, 2.75) is 71.0 Å². The minimum absolute atomic E-state index is 0.0623. The molecule has 1 atom stereocenters. The van der Waals surface area contributed by atoms with Gasteiger partial charge in [-0.2, -0.15) is 0 Å². The number of carbonyl (C=O) groups excluding carboxylic acids is 2. The summed E-state index contributed by atoms with van der Waals surface area (Å²) in [5, 5.41) is 3.09. The first-order valence-electron chi connectivity index (χ1n) is 8.89. The summed E-state index contributed by atoms with van der Waals surface area (Å²) in [5.41, 5.74) is 0.824. The Balaban J connectivity index is 2.11. The normalized spacial score (nSPS) is 16.0. The van der Waals surface area contributed by atoms with Gasteiger partial charge in [0.15, 0.2) is 0 Å². The Morgan fingerprint density at radius 2 is 1.83 bits per heavy atom. The Hall–Kier alpha value is -1.91. The Kier molecular flexibility index (Phi) is 6.76. The lowest BCUT2D eigenvalue weighted by molar-refractivity contribution is -0.141. The van der Waals surface area contributed by atoms with Gasteiger partial charge in [-0.25, -0.2) is 4.39 Å². The minimum Gasteiger partial charge on any atom is -0.352 e. The molecule has 4 nitrogen and oxygen atoms in total. The second-order valence-electron chi connectivity index (χ2n) is 6.42. The third kappa shape index (κ3) is 4.79. The van der Waals surface area contributed by atoms with E-state index in [0.717, 1.165) is 31.2 Å². The monoisotopic (exact) mass is 334 g/mol. The summed E-state index contributed by atoms with van der Waals surface area (Å²) in [6.45, 7) is 4.03. The van der Waals surface area contributed by atoms with E-state index < -0.39 is 6.04 Å². The summed E-state index contributed by atoms with van der Waals surface area (Å²) in [7, 11) is 0. The van der Waals surface area contributed by atoms with Gasteiger partial charge in [-0.15, -0.1) is 0 Å². The number of hydrogen-bond acceptors (Lipinski definition) is 2. The average molecular weight is 334 g/mol. The van der Waals surface area contributed by atoms with Gasteiger partial charge in [0.1, 0.15) is 11.9 Å². The molecule has 0 saturated heterocycles. The Bertz CT molecular complexity index is 553. The predicted molar refractivity (Wildman–Crippen MR) is 91.7 cm³/mol. The number of rotatable bonds is 7. The second-order valence-corrected chi connectivity index (χ2v) is 6.42. The van der Waals surface area contributed by atoms with Crippen LogP contribution in [0.1, 0.15) is 57.9 Å². The van der Waals surface area contributed by atoms with E-state index in [0.29, 0.717) is 19.4 Å². The van der Waals surface area contributed by atoms with E-state index in [9.17, 15) is 14.0 Å². The smallest absolute Gasteiger partial charge is 0.243 e. The maximum atomic E-state index is 13.1. The predicted octanol–water partition coefficient (Wildman–Crippen LogP) is 3.40. The summed E-state index contributed by atoms with van der Waals surface area (Å²) in [6.07, 6.45) is 5.23. The van der Waals surface area contributed by atoms with Crippen LogP contribution in [0.5, 0.6) is 0 Å². The van der Waals surface area contributed by atoms with Crippen molar-refractivity contribution in [2.24, 2.45) is 0 Å². The van der Waals surface area contributed by atoms with E-state index >= 15 is 0 Å². The van der Waals surface area contributed by atoms with E-state index in [1.165, 1.54) is 12.1 Å². The number of nitrogens with zero attached hydrogens (tertiary/aromatic N) is 1. The fourth-order valence-electron chi connectivity index (χ4n) is 3.28. The van der Waals surface area contributed by atoms with Gasteiger partial charge in [0.2, 0.25) is 11.8 Å². The molecule has 1 saturated carbocycles. The van der Waals surface area contributed by atoms with E-state index in [-0.39, 0.29) is 23.7 Å². The molecule has 1 N–H and O–H groups in total. The van der Waals surface area contributed by atoms with Crippen LogP contribution < -0.4 is 5.32 Å². The maximum absolute atomic E-state index is 13.1. The highest BCUT2D eigenvalue weighted by Crippen LogP contribution is 2.19. The molecule has 0 bridgehead atoms. The Morgan fingerprint density at radius 3 is 2.38 bits per heavy atom. The average Bonchev–Trinajstić information content (AvgIpc) is 3.08. The van der Waals surface area contributed by atoms with E-state index in [1.54, 1.807) is 24.0 Å². The van der Waals surface area contributed by atoms with Gasteiger partial charge in [-0.1, -0.05) is 38.8 Å². The zero-order valence-electron chi connectivity index (χ0n) is 14.6. The topological polar surface area (TPSA) is 49.4 Å². The van der Waals surface area contributed by atoms with Gasteiger partial charge in [0, 0.05) is 19.0 Å². The first-order chi connectivity index (χ1) is 11.5. The van der Waals surface area contributed by atoms with Crippen LogP contribution in [0.25, 0.3) is 0 Å². The highest BCUT2D eigenvalue weighted by molar-refractivity contribution is 5.87. The molecule has 1 unspecified atom stereocenters. The lowest BCUT2D eigenvalue weighted by Gasteiger charge is -2.31. The summed E-state index contributed by atoms with van der Waals surface area (Å²) in [6, 6.07) is 5.83. The first-order valence-corrected chi connectivity index (χ1v) is 8.89. The quantitative estimate of drug-likeness (QED) is 0.831. The molecule has 1 aliphatic carbocycles. The molecule has 1 aromatic carbocycles. The van der Waals surface area contributed by atoms with Crippen LogP contribution in [0.2, 0.25) is 0 Å². The molecule has 2 amide bonds. The summed E-state index contributed by atoms with van der Waals surface area (Å²) >= 11 is 0. The van der Waals surface area contributed by atoms with Crippen LogP contribution in [0.4, 0.5) is 4.39 Å². The molecule has 24 heavy (non-hydrogen) atoms. The minimum atomic E-state index is -0.483. The molecule has 0 aliphatic heterocycles. The van der Waals surface area contributed by atoms with Crippen molar-refractivity contribution in [3.05, 3.63) is 35.6 Å². The van der Waals surface area contributed by atoms with Crippen molar-refractivity contribution in [2.75, 3.05) is 0 Å². The van der Waals surface area contributed by atoms with Crippen molar-refractivity contribution < 1.29 is 14.0 Å². The van der Waals surface area contributed by atoms with E-state index in [2.05, 4.69) is 5.32 Å². The van der Waals surface area contributed by atoms with Crippen LogP contribution in [-0.2, 0) is 16.1 Å². The summed E-state index contributed by atoms with van der Waals surface area (Å²) in [5.74, 6) is -0.445. The van der Waals surface area contributed by atoms with Crippen LogP contribution >= 0.6 is 0 Å². The van der Waals surface area contributed by atoms with Gasteiger partial charge in [0.25, 0.3) is 0 Å². The lowest BCUT2D eigenvalue weighted by atomic mass is 10.1. The number of benzene rings is 1. The largest absolute Gasteiger partial charge is 0.352 e. The van der Waals surface area contributed by atoms with Gasteiger partial charge in [0.05, 0.1) is 0 Å². The third-order valence-corrected chi connectivity index (χ3v) is 4.66. The molecular formula is C19H27FN2O2. The van der Waals surface area contributed by atoms with Crippen molar-refractivity contribution in [3.8, 4) is 0 Å². The van der Waals surface area contributed by atoms with Gasteiger partial charge < -0.3 is 10.2 Å². The highest BCUT2D eigenvalue weighted by Gasteiger charge is 2.29. The van der Waals surface area contributed by atoms with Crippen LogP contribution in [0, 0.1) is 5.82 Å². The molecule has 1 fully saturated rings. The molecular weight excluding hydrogens is 307 g/mol. The number of nitrogens with one attached hydrogen (secondary N) is 1. The number of amides is 2. The second kappa shape index (κ2) is 8.81. The third-order valence-electron chi connectivity index (χ3n) is 4.66. The number of halogens is 1. The molecule has 5 heteroatoms. The highest BCUT2D eigenvalue weighted by atomic mass is 19.1. The van der Waals surface area contributed by atoms with E-state index in [4.69, 9.17) is 0 Å². The standard InChI is InChI=1S/C19H27FN2O2/c1-3-17(19(24)21-16-7-5-6-8-16)22(18(23)4-2)13-14-9-11-15(20)12-10-14/h9-12,16-17H,3-8,13H2,1-2H3,(H,21,24). The zero-order valence-corrected chi connectivity index (χ0v) is 14.6. The lowest BCUT2D eigenvalue weighted by Crippen LogP contribution is -2.50. The zero-order chi connectivity index (χ0) is 17.5. The Labute approximate surface area is 143 Å². The molecule has 2 rings (SSSR count). The fraction of sp³-hybridized carbons (Fsp3) is 0.579. The molecule has 0 aromatic heterocycles. The molecule has 0 spiro atoms. The van der Waals surface area contributed by atoms with Gasteiger partial charge >= 0.3 is 0 Å². The maximum Gasteiger partial charge on any atom is 0.243 e. The van der Waals surface area contributed by atoms with Gasteiger partial charge in [-0.05, 0) is 37.0 Å². The Morgan fingerprint density at radius 1 is 1.21 bits per heavy atom. The van der Waals surface area contributed by atoms with Crippen molar-refractivity contribution in [3.63, 3.8) is 0 Å². The molecule has 0 heterocycles. The molecule has 1 aliphatic rings. The molecule has 132 valence electrons. The molecule has 0 radical (unpaired) electrons. The van der Waals surface area contributed by atoms with E-state index in [1.807, 2.05) is 6.92 Å². The number of carbonyl (C=O) groups is 2. The van der Waals surface area contributed by atoms with Gasteiger partial charge in [-0.3, -0.25) is 9.59 Å².